The minimum atomic E-state index is 0.819. The highest BCUT2D eigenvalue weighted by Crippen LogP contribution is 2.55. The normalized spacial score (nSPS) is 12.7. The van der Waals surface area contributed by atoms with Crippen LogP contribution in [0, 0.1) is 0 Å². The number of rotatable bonds is 4. The van der Waals surface area contributed by atoms with Crippen molar-refractivity contribution in [2.75, 3.05) is 9.80 Å². The van der Waals surface area contributed by atoms with Crippen LogP contribution in [0.4, 0.5) is 34.1 Å². The fourth-order valence-electron chi connectivity index (χ4n) is 9.76. The molecule has 62 heavy (non-hydrogen) atoms. The molecule has 2 aliphatic heterocycles. The first kappa shape index (κ1) is 34.5. The molecule has 4 nitrogen and oxygen atoms in total. The second-order valence-electron chi connectivity index (χ2n) is 16.1. The van der Waals surface area contributed by atoms with E-state index in [1.54, 1.807) is 0 Å². The molecule has 11 aromatic rings. The van der Waals surface area contributed by atoms with Gasteiger partial charge in [-0.1, -0.05) is 146 Å². The zero-order valence-electron chi connectivity index (χ0n) is 33.5. The molecule has 2 heterocycles. The summed E-state index contributed by atoms with van der Waals surface area (Å²) in [5.41, 5.74) is 10.8. The van der Waals surface area contributed by atoms with Gasteiger partial charge in [-0.3, -0.25) is 0 Å². The maximum absolute atomic E-state index is 6.63. The van der Waals surface area contributed by atoms with Crippen LogP contribution in [0.25, 0.3) is 65.3 Å². The van der Waals surface area contributed by atoms with E-state index in [0.717, 1.165) is 68.2 Å². The molecule has 0 spiro atoms. The van der Waals surface area contributed by atoms with Crippen LogP contribution in [-0.2, 0) is 0 Å². The van der Waals surface area contributed by atoms with Crippen LogP contribution in [0.1, 0.15) is 0 Å². The Morgan fingerprint density at radius 1 is 0.258 bits per heavy atom. The van der Waals surface area contributed by atoms with E-state index in [4.69, 9.17) is 9.47 Å². The molecule has 0 bridgehead atoms. The first-order valence-corrected chi connectivity index (χ1v) is 21.1. The highest BCUT2D eigenvalue weighted by molar-refractivity contribution is 6.22. The largest absolute Gasteiger partial charge is 0.453 e. The minimum absolute atomic E-state index is 0.819. The van der Waals surface area contributed by atoms with Crippen LogP contribution >= 0.6 is 0 Å². The van der Waals surface area contributed by atoms with Gasteiger partial charge in [-0.2, -0.15) is 0 Å². The highest BCUT2D eigenvalue weighted by atomic mass is 16.5. The van der Waals surface area contributed by atoms with Crippen molar-refractivity contribution >= 4 is 77.2 Å². The number of para-hydroxylation sites is 4. The molecule has 0 saturated heterocycles. The van der Waals surface area contributed by atoms with E-state index < -0.39 is 0 Å². The van der Waals surface area contributed by atoms with E-state index in [0.29, 0.717) is 0 Å². The smallest absolute Gasteiger partial charge is 0.151 e. The lowest BCUT2D eigenvalue weighted by molar-refractivity contribution is 0.477. The summed E-state index contributed by atoms with van der Waals surface area (Å²) in [4.78, 5) is 4.69. The molecular weight excluding hydrogens is 757 g/mol. The molecule has 0 saturated carbocycles. The number of nitrogens with zero attached hydrogens (tertiary/aromatic N) is 2. The first-order chi connectivity index (χ1) is 30.7. The molecule has 0 unspecified atom stereocenters. The fourth-order valence-corrected chi connectivity index (χ4v) is 9.76. The number of hydrogen-bond acceptors (Lipinski definition) is 4. The molecular formula is C58H36N2O2. The molecule has 0 atom stereocenters. The molecule has 0 fully saturated rings. The quantitative estimate of drug-likeness (QED) is 0.166. The Bertz CT molecular complexity index is 3330. The predicted octanol–water partition coefficient (Wildman–Crippen LogP) is 16.8. The SMILES string of the molecule is c1ccc2c(c1)Oc1ccc(-c3c4ccccc4c(-c4ccc5c(c4)N(c4ccc6ccccc6c4)c4ccccc4O5)c4ccccc34)cc1N2c1ccc2ccccc2c1. The highest BCUT2D eigenvalue weighted by Gasteiger charge is 2.29. The second kappa shape index (κ2) is 13.6. The van der Waals surface area contributed by atoms with Gasteiger partial charge < -0.3 is 19.3 Å². The van der Waals surface area contributed by atoms with Crippen LogP contribution in [0.5, 0.6) is 23.0 Å². The molecule has 11 aromatic carbocycles. The number of ether oxygens (including phenoxy) is 2. The maximum atomic E-state index is 6.63. The topological polar surface area (TPSA) is 24.9 Å². The summed E-state index contributed by atoms with van der Waals surface area (Å²) in [5.74, 6) is 3.30. The van der Waals surface area contributed by atoms with Gasteiger partial charge in [0.1, 0.15) is 0 Å². The van der Waals surface area contributed by atoms with Gasteiger partial charge >= 0.3 is 0 Å². The third-order valence-corrected chi connectivity index (χ3v) is 12.5. The Morgan fingerprint density at radius 2 is 0.613 bits per heavy atom. The van der Waals surface area contributed by atoms with Crippen LogP contribution < -0.4 is 19.3 Å². The number of hydrogen-bond donors (Lipinski definition) is 0. The lowest BCUT2D eigenvalue weighted by atomic mass is 9.85. The lowest BCUT2D eigenvalue weighted by Gasteiger charge is -2.33. The molecule has 0 aliphatic carbocycles. The molecule has 0 aromatic heterocycles. The van der Waals surface area contributed by atoms with Gasteiger partial charge in [0.25, 0.3) is 0 Å². The first-order valence-electron chi connectivity index (χ1n) is 21.1. The van der Waals surface area contributed by atoms with Crippen molar-refractivity contribution in [1.29, 1.82) is 0 Å². The Labute approximate surface area is 358 Å². The van der Waals surface area contributed by atoms with E-state index >= 15 is 0 Å². The van der Waals surface area contributed by atoms with Crippen molar-refractivity contribution in [3.63, 3.8) is 0 Å². The van der Waals surface area contributed by atoms with Crippen molar-refractivity contribution in [3.05, 3.63) is 218 Å². The molecule has 0 N–H and O–H groups in total. The Hall–Kier alpha value is -8.34. The molecule has 13 rings (SSSR count). The van der Waals surface area contributed by atoms with E-state index in [2.05, 4.69) is 204 Å². The summed E-state index contributed by atoms with van der Waals surface area (Å²) < 4.78 is 13.3. The van der Waals surface area contributed by atoms with E-state index in [9.17, 15) is 0 Å². The van der Waals surface area contributed by atoms with E-state index in [1.165, 1.54) is 54.2 Å². The van der Waals surface area contributed by atoms with E-state index in [-0.39, 0.29) is 0 Å². The van der Waals surface area contributed by atoms with Crippen molar-refractivity contribution in [2.45, 2.75) is 0 Å². The Morgan fingerprint density at radius 3 is 1.05 bits per heavy atom. The lowest BCUT2D eigenvalue weighted by Crippen LogP contribution is -2.16. The Kier molecular flexibility index (Phi) is 7.57. The van der Waals surface area contributed by atoms with Crippen molar-refractivity contribution < 1.29 is 9.47 Å². The number of benzene rings is 11. The predicted molar refractivity (Wildman–Crippen MR) is 257 cm³/mol. The summed E-state index contributed by atoms with van der Waals surface area (Å²) >= 11 is 0. The summed E-state index contributed by atoms with van der Waals surface area (Å²) in [7, 11) is 0. The third-order valence-electron chi connectivity index (χ3n) is 12.5. The Balaban J connectivity index is 1.01. The van der Waals surface area contributed by atoms with Gasteiger partial charge in [0.05, 0.1) is 22.7 Å². The fraction of sp³-hybridized carbons (Fsp3) is 0. The van der Waals surface area contributed by atoms with Crippen molar-refractivity contribution in [1.82, 2.24) is 0 Å². The van der Waals surface area contributed by atoms with Crippen LogP contribution in [0.15, 0.2) is 218 Å². The van der Waals surface area contributed by atoms with Crippen molar-refractivity contribution in [3.8, 4) is 45.3 Å². The monoisotopic (exact) mass is 792 g/mol. The minimum Gasteiger partial charge on any atom is -0.453 e. The second-order valence-corrected chi connectivity index (χ2v) is 16.1. The maximum Gasteiger partial charge on any atom is 0.151 e. The van der Waals surface area contributed by atoms with Gasteiger partial charge in [0, 0.05) is 11.4 Å². The number of anilines is 6. The van der Waals surface area contributed by atoms with Gasteiger partial charge in [0.2, 0.25) is 0 Å². The van der Waals surface area contributed by atoms with Gasteiger partial charge in [-0.05, 0) is 138 Å². The molecule has 4 heteroatoms. The summed E-state index contributed by atoms with van der Waals surface area (Å²) in [6.45, 7) is 0. The molecule has 290 valence electrons. The van der Waals surface area contributed by atoms with Crippen LogP contribution in [-0.4, -0.2) is 0 Å². The average Bonchev–Trinajstić information content (AvgIpc) is 3.33. The van der Waals surface area contributed by atoms with Gasteiger partial charge in [-0.15, -0.1) is 0 Å². The van der Waals surface area contributed by atoms with E-state index in [1.807, 2.05) is 24.3 Å². The summed E-state index contributed by atoms with van der Waals surface area (Å²) in [6, 6.07) is 78.1. The third kappa shape index (κ3) is 5.33. The molecule has 0 amide bonds. The number of fused-ring (bicyclic) bond motifs is 8. The average molecular weight is 793 g/mol. The summed E-state index contributed by atoms with van der Waals surface area (Å²) in [6.07, 6.45) is 0. The van der Waals surface area contributed by atoms with Gasteiger partial charge in [-0.25, -0.2) is 0 Å². The molecule has 2 aliphatic rings. The molecule has 0 radical (unpaired) electrons. The van der Waals surface area contributed by atoms with Crippen molar-refractivity contribution in [2.24, 2.45) is 0 Å². The van der Waals surface area contributed by atoms with Crippen LogP contribution in [0.3, 0.4) is 0 Å². The van der Waals surface area contributed by atoms with Crippen LogP contribution in [0.2, 0.25) is 0 Å². The zero-order valence-corrected chi connectivity index (χ0v) is 33.5. The summed E-state index contributed by atoms with van der Waals surface area (Å²) in [5, 5.41) is 9.53. The van der Waals surface area contributed by atoms with Gasteiger partial charge in [0.15, 0.2) is 23.0 Å². The standard InChI is InChI=1S/C58H36N2O2/c1-3-15-39-33-43(29-25-37(39)13-1)59-49-21-9-11-23-53(49)61-55-31-27-41(35-51(55)59)57-45-17-5-7-19-47(45)58(48-20-8-6-18-46(48)57)42-28-32-56-52(36-42)60(50-22-10-12-24-54(50)62-56)44-30-26-38-14-2-4-16-40(38)34-44/h1-36H. The zero-order chi connectivity index (χ0) is 40.7.